The summed E-state index contributed by atoms with van der Waals surface area (Å²) in [4.78, 5) is 27.2. The minimum atomic E-state index is -0.372. The van der Waals surface area contributed by atoms with Gasteiger partial charge in [0.05, 0.1) is 31.4 Å². The lowest BCUT2D eigenvalue weighted by molar-refractivity contribution is -0.139. The summed E-state index contributed by atoms with van der Waals surface area (Å²) in [7, 11) is 0. The molecule has 2 amide bonds. The predicted molar refractivity (Wildman–Crippen MR) is 115 cm³/mol. The van der Waals surface area contributed by atoms with Crippen LogP contribution in [0.4, 0.5) is 4.79 Å². The van der Waals surface area contributed by atoms with Gasteiger partial charge in [-0.2, -0.15) is 0 Å². The van der Waals surface area contributed by atoms with Crippen LogP contribution in [-0.2, 0) is 9.53 Å². The summed E-state index contributed by atoms with van der Waals surface area (Å²) < 4.78 is 16.9. The van der Waals surface area contributed by atoms with Crippen molar-refractivity contribution in [2.24, 2.45) is 0 Å². The molecule has 0 radical (unpaired) electrons. The second-order valence-corrected chi connectivity index (χ2v) is 8.06. The molecule has 2 atom stereocenters. The third-order valence-corrected chi connectivity index (χ3v) is 6.03. The molecule has 0 aliphatic carbocycles. The highest BCUT2D eigenvalue weighted by Crippen LogP contribution is 2.38. The van der Waals surface area contributed by atoms with E-state index >= 15 is 0 Å². The smallest absolute Gasteiger partial charge is 0.337 e. The Kier molecular flexibility index (Phi) is 6.65. The van der Waals surface area contributed by atoms with Gasteiger partial charge < -0.3 is 24.8 Å². The topological polar surface area (TPSA) is 89.1 Å². The molecule has 1 saturated heterocycles. The number of urea groups is 1. The first-order chi connectivity index (χ1) is 15.1. The first-order valence-electron chi connectivity index (χ1n) is 11.2. The van der Waals surface area contributed by atoms with Crippen LogP contribution in [0.25, 0.3) is 0 Å². The quantitative estimate of drug-likeness (QED) is 0.676. The molecule has 168 valence electrons. The van der Waals surface area contributed by atoms with Gasteiger partial charge in [-0.15, -0.1) is 0 Å². The Morgan fingerprint density at radius 2 is 2.00 bits per heavy atom. The zero-order valence-electron chi connectivity index (χ0n) is 18.2. The van der Waals surface area contributed by atoms with E-state index in [1.54, 1.807) is 6.92 Å². The number of rotatable bonds is 6. The summed E-state index contributed by atoms with van der Waals surface area (Å²) in [6.07, 6.45) is 3.54. The summed E-state index contributed by atoms with van der Waals surface area (Å²) in [5, 5.41) is 5.71. The van der Waals surface area contributed by atoms with E-state index in [1.807, 2.05) is 13.0 Å². The normalized spacial score (nSPS) is 23.7. The van der Waals surface area contributed by atoms with Crippen LogP contribution in [-0.4, -0.2) is 55.9 Å². The number of nitrogens with zero attached hydrogens (tertiary/aromatic N) is 1. The highest BCUT2D eigenvalue weighted by Gasteiger charge is 2.35. The summed E-state index contributed by atoms with van der Waals surface area (Å²) in [6.45, 7) is 6.72. The minimum Gasteiger partial charge on any atom is -0.490 e. The number of esters is 1. The number of carbonyl (C=O) groups is 2. The molecule has 2 N–H and O–H groups in total. The van der Waals surface area contributed by atoms with Crippen molar-refractivity contribution < 1.29 is 23.8 Å². The van der Waals surface area contributed by atoms with E-state index in [-0.39, 0.29) is 24.1 Å². The van der Waals surface area contributed by atoms with E-state index < -0.39 is 0 Å². The van der Waals surface area contributed by atoms with Crippen molar-refractivity contribution in [3.8, 4) is 11.5 Å². The maximum Gasteiger partial charge on any atom is 0.337 e. The van der Waals surface area contributed by atoms with Crippen molar-refractivity contribution in [2.45, 2.75) is 51.6 Å². The second-order valence-electron chi connectivity index (χ2n) is 8.06. The molecule has 31 heavy (non-hydrogen) atoms. The maximum atomic E-state index is 12.7. The monoisotopic (exact) mass is 429 g/mol. The number of carbonyl (C=O) groups excluding carboxylic acids is 2. The lowest BCUT2D eigenvalue weighted by Crippen LogP contribution is -2.52. The van der Waals surface area contributed by atoms with E-state index in [2.05, 4.69) is 27.7 Å². The third kappa shape index (κ3) is 4.63. The summed E-state index contributed by atoms with van der Waals surface area (Å²) in [5.41, 5.74) is 2.32. The minimum absolute atomic E-state index is 0.181. The molecule has 1 aromatic carbocycles. The molecule has 1 aromatic rings. The molecular formula is C23H31N3O5. The predicted octanol–water partition coefficient (Wildman–Crippen LogP) is 2.89. The molecular weight excluding hydrogens is 398 g/mol. The van der Waals surface area contributed by atoms with Crippen LogP contribution in [0.15, 0.2) is 29.5 Å². The van der Waals surface area contributed by atoms with Gasteiger partial charge in [0.15, 0.2) is 11.5 Å². The zero-order chi connectivity index (χ0) is 21.8. The third-order valence-electron chi connectivity index (χ3n) is 6.03. The SMILES string of the molecule is CCOC(=O)C1=C(CN2CCC[C@@H]2c2ccc3c(c2)OCCCO3)NC(=O)N[C@H]1CC. The van der Waals surface area contributed by atoms with Crippen molar-refractivity contribution >= 4 is 12.0 Å². The van der Waals surface area contributed by atoms with E-state index in [0.717, 1.165) is 42.9 Å². The molecule has 0 spiro atoms. The van der Waals surface area contributed by atoms with Crippen molar-refractivity contribution in [1.82, 2.24) is 15.5 Å². The van der Waals surface area contributed by atoms with Crippen LogP contribution in [0.1, 0.15) is 51.1 Å². The lowest BCUT2D eigenvalue weighted by atomic mass is 9.99. The molecule has 0 bridgehead atoms. The Balaban J connectivity index is 1.60. The van der Waals surface area contributed by atoms with Crippen LogP contribution in [0.5, 0.6) is 11.5 Å². The Labute approximate surface area is 182 Å². The Bertz CT molecular complexity index is 869. The van der Waals surface area contributed by atoms with Gasteiger partial charge in [-0.25, -0.2) is 9.59 Å². The molecule has 3 aliphatic heterocycles. The second kappa shape index (κ2) is 9.60. The molecule has 1 fully saturated rings. The van der Waals surface area contributed by atoms with Crippen molar-refractivity contribution in [1.29, 1.82) is 0 Å². The number of hydrogen-bond donors (Lipinski definition) is 2. The van der Waals surface area contributed by atoms with Gasteiger partial charge in [-0.05, 0) is 50.4 Å². The zero-order valence-corrected chi connectivity index (χ0v) is 18.2. The van der Waals surface area contributed by atoms with E-state index in [0.29, 0.717) is 44.1 Å². The lowest BCUT2D eigenvalue weighted by Gasteiger charge is -2.32. The number of amides is 2. The fourth-order valence-corrected chi connectivity index (χ4v) is 4.57. The van der Waals surface area contributed by atoms with Gasteiger partial charge in [-0.1, -0.05) is 13.0 Å². The average molecular weight is 430 g/mol. The highest BCUT2D eigenvalue weighted by molar-refractivity contribution is 5.94. The first kappa shape index (κ1) is 21.5. The molecule has 4 rings (SSSR count). The van der Waals surface area contributed by atoms with Crippen LogP contribution >= 0.6 is 0 Å². The molecule has 8 nitrogen and oxygen atoms in total. The fourth-order valence-electron chi connectivity index (χ4n) is 4.57. The number of hydrogen-bond acceptors (Lipinski definition) is 6. The maximum absolute atomic E-state index is 12.7. The Morgan fingerprint density at radius 3 is 2.77 bits per heavy atom. The van der Waals surface area contributed by atoms with E-state index in [4.69, 9.17) is 14.2 Å². The summed E-state index contributed by atoms with van der Waals surface area (Å²) in [5.74, 6) is 1.20. The Morgan fingerprint density at radius 1 is 1.19 bits per heavy atom. The molecule has 8 heteroatoms. The van der Waals surface area contributed by atoms with Gasteiger partial charge >= 0.3 is 12.0 Å². The number of nitrogens with one attached hydrogen (secondary N) is 2. The summed E-state index contributed by atoms with van der Waals surface area (Å²) >= 11 is 0. The number of likely N-dealkylation sites (tertiary alicyclic amines) is 1. The van der Waals surface area contributed by atoms with Gasteiger partial charge in [0, 0.05) is 24.7 Å². The molecule has 3 aliphatic rings. The molecule has 0 unspecified atom stereocenters. The average Bonchev–Trinajstić information content (AvgIpc) is 3.08. The standard InChI is InChI=1S/C23H31N3O5/c1-3-16-21(22(27)29-4-2)17(25-23(28)24-16)14-26-10-5-7-18(26)15-8-9-19-20(13-15)31-12-6-11-30-19/h8-9,13,16,18H,3-7,10-12,14H2,1-2H3,(H2,24,25,28)/t16-,18+/m0/s1. The van der Waals surface area contributed by atoms with E-state index in [9.17, 15) is 9.59 Å². The molecule has 0 aromatic heterocycles. The van der Waals surface area contributed by atoms with Crippen molar-refractivity contribution in [3.63, 3.8) is 0 Å². The van der Waals surface area contributed by atoms with Crippen LogP contribution in [0, 0.1) is 0 Å². The number of fused-ring (bicyclic) bond motifs is 1. The van der Waals surface area contributed by atoms with Gasteiger partial charge in [0.25, 0.3) is 0 Å². The van der Waals surface area contributed by atoms with Gasteiger partial charge in [0.2, 0.25) is 0 Å². The Hall–Kier alpha value is -2.74. The highest BCUT2D eigenvalue weighted by atomic mass is 16.5. The van der Waals surface area contributed by atoms with Crippen LogP contribution in [0.3, 0.4) is 0 Å². The van der Waals surface area contributed by atoms with Crippen LogP contribution < -0.4 is 20.1 Å². The van der Waals surface area contributed by atoms with Gasteiger partial charge in [0.1, 0.15) is 0 Å². The van der Waals surface area contributed by atoms with Crippen molar-refractivity contribution in [3.05, 3.63) is 35.0 Å². The molecule has 0 saturated carbocycles. The molecule has 3 heterocycles. The summed E-state index contributed by atoms with van der Waals surface area (Å²) in [6, 6.07) is 5.70. The number of ether oxygens (including phenoxy) is 3. The van der Waals surface area contributed by atoms with E-state index in [1.165, 1.54) is 0 Å². The fraction of sp³-hybridized carbons (Fsp3) is 0.565. The van der Waals surface area contributed by atoms with Crippen LogP contribution in [0.2, 0.25) is 0 Å². The van der Waals surface area contributed by atoms with Gasteiger partial charge in [-0.3, -0.25) is 4.90 Å². The van der Waals surface area contributed by atoms with Crippen molar-refractivity contribution in [2.75, 3.05) is 32.9 Å². The largest absolute Gasteiger partial charge is 0.490 e. The first-order valence-corrected chi connectivity index (χ1v) is 11.2. The number of benzene rings is 1.